The Hall–Kier alpha value is -0.860. The maximum absolute atomic E-state index is 5.19. The Labute approximate surface area is 73.3 Å². The van der Waals surface area contributed by atoms with Gasteiger partial charge in [-0.1, -0.05) is 29.8 Å². The molecule has 2 heteroatoms. The summed E-state index contributed by atoms with van der Waals surface area (Å²) in [6, 6.07) is 8.15. The van der Waals surface area contributed by atoms with Crippen LogP contribution in [0.25, 0.3) is 0 Å². The molecule has 0 heterocycles. The lowest BCUT2D eigenvalue weighted by Crippen LogP contribution is -2.25. The Morgan fingerprint density at radius 1 is 1.33 bits per heavy atom. The molecule has 1 aromatic carbocycles. The number of hydrogen-bond donors (Lipinski definition) is 1. The third-order valence-corrected chi connectivity index (χ3v) is 2.01. The molecule has 0 unspecified atom stereocenters. The van der Waals surface area contributed by atoms with E-state index in [1.807, 2.05) is 26.0 Å². The highest BCUT2D eigenvalue weighted by molar-refractivity contribution is 5.26. The van der Waals surface area contributed by atoms with E-state index in [1.165, 1.54) is 5.56 Å². The number of rotatable bonds is 2. The van der Waals surface area contributed by atoms with E-state index >= 15 is 0 Å². The maximum atomic E-state index is 5.19. The van der Waals surface area contributed by atoms with Crippen LogP contribution in [0.1, 0.15) is 25.0 Å². The second-order valence-electron chi connectivity index (χ2n) is 3.50. The average Bonchev–Trinajstić information content (AvgIpc) is 2.05. The van der Waals surface area contributed by atoms with Crippen molar-refractivity contribution >= 4 is 0 Å². The van der Waals surface area contributed by atoms with E-state index in [9.17, 15) is 0 Å². The van der Waals surface area contributed by atoms with Gasteiger partial charge in [0.25, 0.3) is 0 Å². The molecule has 2 nitrogen and oxygen atoms in total. The zero-order chi connectivity index (χ0) is 9.19. The first-order chi connectivity index (χ1) is 5.56. The summed E-state index contributed by atoms with van der Waals surface area (Å²) >= 11 is 0. The predicted octanol–water partition coefficient (Wildman–Crippen LogP) is 2.12. The molecular formula is C10H15NO. The van der Waals surface area contributed by atoms with Crippen LogP contribution in [0.3, 0.4) is 0 Å². The lowest BCUT2D eigenvalue weighted by Gasteiger charge is -2.22. The summed E-state index contributed by atoms with van der Waals surface area (Å²) in [5.41, 5.74) is 1.93. The van der Waals surface area contributed by atoms with Crippen molar-refractivity contribution < 1.29 is 4.84 Å². The van der Waals surface area contributed by atoms with Crippen molar-refractivity contribution in [3.63, 3.8) is 0 Å². The first-order valence-corrected chi connectivity index (χ1v) is 4.01. The van der Waals surface area contributed by atoms with E-state index in [-0.39, 0.29) is 0 Å². The van der Waals surface area contributed by atoms with Crippen LogP contribution in [0.2, 0.25) is 0 Å². The fraction of sp³-hybridized carbons (Fsp3) is 0.400. The molecule has 0 saturated heterocycles. The van der Waals surface area contributed by atoms with Gasteiger partial charge < -0.3 is 0 Å². The van der Waals surface area contributed by atoms with Gasteiger partial charge in [0.2, 0.25) is 0 Å². The van der Waals surface area contributed by atoms with Crippen molar-refractivity contribution in [2.75, 3.05) is 0 Å². The fourth-order valence-corrected chi connectivity index (χ4v) is 1.09. The summed E-state index contributed by atoms with van der Waals surface area (Å²) in [6.45, 7) is 5.94. The number of nitrogens with two attached hydrogens (primary N) is 1. The van der Waals surface area contributed by atoms with Crippen LogP contribution in [-0.4, -0.2) is 0 Å². The number of benzene rings is 1. The van der Waals surface area contributed by atoms with Crippen LogP contribution in [0.5, 0.6) is 0 Å². The lowest BCUT2D eigenvalue weighted by molar-refractivity contribution is -0.0236. The van der Waals surface area contributed by atoms with Crippen molar-refractivity contribution in [2.24, 2.45) is 5.90 Å². The SMILES string of the molecule is Cc1cccc(C(C)(C)ON)c1. The molecule has 2 N–H and O–H groups in total. The number of aryl methyl sites for hydroxylation is 1. The van der Waals surface area contributed by atoms with Gasteiger partial charge in [-0.2, -0.15) is 0 Å². The van der Waals surface area contributed by atoms with Crippen molar-refractivity contribution in [2.45, 2.75) is 26.4 Å². The smallest absolute Gasteiger partial charge is 0.109 e. The Morgan fingerprint density at radius 3 is 2.50 bits per heavy atom. The summed E-state index contributed by atoms with van der Waals surface area (Å²) < 4.78 is 0. The normalized spacial score (nSPS) is 11.7. The molecular weight excluding hydrogens is 150 g/mol. The van der Waals surface area contributed by atoms with Crippen LogP contribution in [0.15, 0.2) is 24.3 Å². The zero-order valence-electron chi connectivity index (χ0n) is 7.79. The van der Waals surface area contributed by atoms with Crippen molar-refractivity contribution in [3.05, 3.63) is 35.4 Å². The molecule has 0 aliphatic rings. The van der Waals surface area contributed by atoms with E-state index in [4.69, 9.17) is 10.7 Å². The van der Waals surface area contributed by atoms with Crippen LogP contribution in [0, 0.1) is 6.92 Å². The van der Waals surface area contributed by atoms with Gasteiger partial charge in [0.15, 0.2) is 0 Å². The molecule has 0 fully saturated rings. The second-order valence-corrected chi connectivity index (χ2v) is 3.50. The maximum Gasteiger partial charge on any atom is 0.109 e. The first kappa shape index (κ1) is 9.23. The minimum Gasteiger partial charge on any atom is -0.294 e. The highest BCUT2D eigenvalue weighted by Gasteiger charge is 2.19. The average molecular weight is 165 g/mol. The van der Waals surface area contributed by atoms with Gasteiger partial charge in [-0.25, -0.2) is 5.90 Å². The molecule has 1 aromatic rings. The Bertz CT molecular complexity index is 268. The molecule has 1 rings (SSSR count). The molecule has 0 spiro atoms. The minimum absolute atomic E-state index is 0.397. The molecule has 0 aliphatic carbocycles. The van der Waals surface area contributed by atoms with Crippen LogP contribution >= 0.6 is 0 Å². The molecule has 0 radical (unpaired) electrons. The molecule has 12 heavy (non-hydrogen) atoms. The van der Waals surface area contributed by atoms with Crippen LogP contribution in [0.4, 0.5) is 0 Å². The highest BCUT2D eigenvalue weighted by Crippen LogP contribution is 2.22. The van der Waals surface area contributed by atoms with Gasteiger partial charge in [-0.15, -0.1) is 0 Å². The lowest BCUT2D eigenvalue weighted by atomic mass is 9.97. The molecule has 0 aromatic heterocycles. The topological polar surface area (TPSA) is 35.2 Å². The molecule has 0 aliphatic heterocycles. The monoisotopic (exact) mass is 165 g/mol. The van der Waals surface area contributed by atoms with Gasteiger partial charge in [0.05, 0.1) is 0 Å². The van der Waals surface area contributed by atoms with Gasteiger partial charge in [-0.3, -0.25) is 4.84 Å². The highest BCUT2D eigenvalue weighted by atomic mass is 16.6. The molecule has 0 amide bonds. The Kier molecular flexibility index (Phi) is 2.50. The molecule has 0 saturated carbocycles. The first-order valence-electron chi connectivity index (χ1n) is 4.01. The number of hydrogen-bond acceptors (Lipinski definition) is 2. The third kappa shape index (κ3) is 1.84. The standard InChI is InChI=1S/C10H15NO/c1-8-5-4-6-9(7-8)10(2,3)12-11/h4-7H,11H2,1-3H3. The van der Waals surface area contributed by atoms with Crippen LogP contribution in [-0.2, 0) is 10.4 Å². The van der Waals surface area contributed by atoms with Gasteiger partial charge in [0.1, 0.15) is 5.60 Å². The van der Waals surface area contributed by atoms with Crippen molar-refractivity contribution in [1.29, 1.82) is 0 Å². The summed E-state index contributed by atoms with van der Waals surface area (Å²) in [6.07, 6.45) is 0. The fourth-order valence-electron chi connectivity index (χ4n) is 1.09. The minimum atomic E-state index is -0.397. The van der Waals surface area contributed by atoms with Gasteiger partial charge in [-0.05, 0) is 26.3 Å². The van der Waals surface area contributed by atoms with E-state index in [2.05, 4.69) is 19.1 Å². The summed E-state index contributed by atoms with van der Waals surface area (Å²) in [5, 5.41) is 0. The Balaban J connectivity index is 3.03. The quantitative estimate of drug-likeness (QED) is 0.681. The summed E-state index contributed by atoms with van der Waals surface area (Å²) in [7, 11) is 0. The summed E-state index contributed by atoms with van der Waals surface area (Å²) in [4.78, 5) is 4.88. The zero-order valence-corrected chi connectivity index (χ0v) is 7.79. The van der Waals surface area contributed by atoms with Crippen molar-refractivity contribution in [1.82, 2.24) is 0 Å². The molecule has 0 bridgehead atoms. The molecule has 66 valence electrons. The van der Waals surface area contributed by atoms with Crippen molar-refractivity contribution in [3.8, 4) is 0 Å². The molecule has 0 atom stereocenters. The van der Waals surface area contributed by atoms with E-state index < -0.39 is 5.60 Å². The second kappa shape index (κ2) is 3.25. The van der Waals surface area contributed by atoms with Gasteiger partial charge in [0, 0.05) is 0 Å². The van der Waals surface area contributed by atoms with Gasteiger partial charge >= 0.3 is 0 Å². The third-order valence-electron chi connectivity index (χ3n) is 2.01. The van der Waals surface area contributed by atoms with Crippen LogP contribution < -0.4 is 5.90 Å². The predicted molar refractivity (Wildman–Crippen MR) is 49.5 cm³/mol. The largest absolute Gasteiger partial charge is 0.294 e. The van der Waals surface area contributed by atoms with E-state index in [0.717, 1.165) is 5.56 Å². The summed E-state index contributed by atoms with van der Waals surface area (Å²) in [5.74, 6) is 5.19. The van der Waals surface area contributed by atoms with E-state index in [1.54, 1.807) is 0 Å². The Morgan fingerprint density at radius 2 is 2.00 bits per heavy atom. The van der Waals surface area contributed by atoms with E-state index in [0.29, 0.717) is 0 Å².